The average molecular weight is 332 g/mol. The Labute approximate surface area is 141 Å². The van der Waals surface area contributed by atoms with Crippen molar-refractivity contribution < 1.29 is 19.5 Å². The van der Waals surface area contributed by atoms with E-state index in [1.807, 2.05) is 0 Å². The molecule has 0 saturated heterocycles. The first-order chi connectivity index (χ1) is 11.4. The minimum atomic E-state index is -0.974. The first-order valence-electron chi connectivity index (χ1n) is 8.23. The number of hydrogen-bond acceptors (Lipinski definition) is 3. The van der Waals surface area contributed by atoms with E-state index in [2.05, 4.69) is 5.32 Å². The van der Waals surface area contributed by atoms with Gasteiger partial charge in [-0.05, 0) is 36.5 Å². The second kappa shape index (κ2) is 7.95. The first kappa shape index (κ1) is 18.0. The zero-order chi connectivity index (χ0) is 17.7. The summed E-state index contributed by atoms with van der Waals surface area (Å²) >= 11 is 0. The number of hydrogen-bond donors (Lipinski definition) is 2. The van der Waals surface area contributed by atoms with Crippen molar-refractivity contribution in [1.82, 2.24) is 10.2 Å². The van der Waals surface area contributed by atoms with E-state index in [0.29, 0.717) is 6.54 Å². The monoisotopic (exact) mass is 332 g/mol. The first-order valence-corrected chi connectivity index (χ1v) is 8.23. The zero-order valence-electron chi connectivity index (χ0n) is 14.1. The number of likely N-dealkylation sites (N-methyl/N-ethyl adjacent to an activating group) is 1. The molecule has 0 aromatic heterocycles. The van der Waals surface area contributed by atoms with Gasteiger partial charge in [-0.1, -0.05) is 25.0 Å². The molecule has 1 atom stereocenters. The van der Waals surface area contributed by atoms with Crippen LogP contribution in [0.25, 0.3) is 0 Å². The Balaban J connectivity index is 2.04. The van der Waals surface area contributed by atoms with Crippen molar-refractivity contribution in [1.29, 1.82) is 0 Å². The fourth-order valence-corrected chi connectivity index (χ4v) is 3.23. The number of carboxylic acid groups (broad SMARTS) is 1. The molecule has 1 fully saturated rings. The topological polar surface area (TPSA) is 86.7 Å². The van der Waals surface area contributed by atoms with E-state index in [0.717, 1.165) is 31.2 Å². The van der Waals surface area contributed by atoms with Gasteiger partial charge in [-0.15, -0.1) is 0 Å². The number of carboxylic acids is 1. The van der Waals surface area contributed by atoms with Crippen LogP contribution in [-0.2, 0) is 16.1 Å². The van der Waals surface area contributed by atoms with Gasteiger partial charge >= 0.3 is 5.97 Å². The molecule has 0 bridgehead atoms. The Morgan fingerprint density at radius 1 is 1.21 bits per heavy atom. The summed E-state index contributed by atoms with van der Waals surface area (Å²) in [7, 11) is 1.71. The number of nitrogens with zero attached hydrogens (tertiary/aromatic N) is 1. The second-order valence-corrected chi connectivity index (χ2v) is 6.42. The predicted octanol–water partition coefficient (Wildman–Crippen LogP) is 2.04. The highest BCUT2D eigenvalue weighted by molar-refractivity contribution is 5.88. The molecule has 1 unspecified atom stereocenters. The molecule has 1 aromatic carbocycles. The van der Waals surface area contributed by atoms with Gasteiger partial charge in [0, 0.05) is 20.5 Å². The van der Waals surface area contributed by atoms with Crippen LogP contribution in [0.15, 0.2) is 24.3 Å². The van der Waals surface area contributed by atoms with Gasteiger partial charge < -0.3 is 15.3 Å². The second-order valence-electron chi connectivity index (χ2n) is 6.42. The lowest BCUT2D eigenvalue weighted by Crippen LogP contribution is -2.50. The Morgan fingerprint density at radius 3 is 2.29 bits per heavy atom. The Hall–Kier alpha value is -2.37. The molecule has 1 aromatic rings. The zero-order valence-corrected chi connectivity index (χ0v) is 14.1. The molecule has 0 spiro atoms. The number of carbonyl (C=O) groups excluding carboxylic acids is 2. The van der Waals surface area contributed by atoms with E-state index in [9.17, 15) is 14.4 Å². The molecule has 2 N–H and O–H groups in total. The van der Waals surface area contributed by atoms with Crippen LogP contribution in [0, 0.1) is 5.92 Å². The summed E-state index contributed by atoms with van der Waals surface area (Å²) in [5.74, 6) is -1.07. The summed E-state index contributed by atoms with van der Waals surface area (Å²) in [5.41, 5.74) is 1.07. The molecule has 1 aliphatic rings. The fourth-order valence-electron chi connectivity index (χ4n) is 3.23. The minimum absolute atomic E-state index is 0.0978. The maximum Gasteiger partial charge on any atom is 0.335 e. The Kier molecular flexibility index (Phi) is 5.95. The van der Waals surface area contributed by atoms with Crippen molar-refractivity contribution >= 4 is 17.8 Å². The number of aromatic carboxylic acids is 1. The molecule has 2 amide bonds. The van der Waals surface area contributed by atoms with E-state index >= 15 is 0 Å². The van der Waals surface area contributed by atoms with Crippen molar-refractivity contribution in [3.8, 4) is 0 Å². The lowest BCUT2D eigenvalue weighted by molar-refractivity contribution is -0.137. The van der Waals surface area contributed by atoms with E-state index in [-0.39, 0.29) is 23.3 Å². The molecule has 0 heterocycles. The third-order valence-electron chi connectivity index (χ3n) is 4.49. The van der Waals surface area contributed by atoms with E-state index in [1.165, 1.54) is 19.1 Å². The summed E-state index contributed by atoms with van der Waals surface area (Å²) < 4.78 is 0. The van der Waals surface area contributed by atoms with Crippen LogP contribution >= 0.6 is 0 Å². The van der Waals surface area contributed by atoms with Crippen LogP contribution in [-0.4, -0.2) is 40.9 Å². The van der Waals surface area contributed by atoms with Gasteiger partial charge in [0.05, 0.1) is 5.56 Å². The number of carbonyl (C=O) groups is 3. The largest absolute Gasteiger partial charge is 0.478 e. The standard InChI is InChI=1S/C18H24N2O4/c1-12(21)19-16(14-5-3-4-6-14)17(22)20(2)11-13-7-9-15(10-8-13)18(23)24/h7-10,14,16H,3-6,11H2,1-2H3,(H,19,21)(H,23,24). The van der Waals surface area contributed by atoms with Crippen molar-refractivity contribution in [2.75, 3.05) is 7.05 Å². The number of amides is 2. The number of rotatable bonds is 6. The Morgan fingerprint density at radius 2 is 1.79 bits per heavy atom. The molecule has 1 saturated carbocycles. The minimum Gasteiger partial charge on any atom is -0.478 e. The van der Waals surface area contributed by atoms with Gasteiger partial charge in [-0.25, -0.2) is 4.79 Å². The van der Waals surface area contributed by atoms with Crippen molar-refractivity contribution in [3.05, 3.63) is 35.4 Å². The molecule has 0 aliphatic heterocycles. The summed E-state index contributed by atoms with van der Waals surface area (Å²) in [4.78, 5) is 36.7. The molecule has 130 valence electrons. The van der Waals surface area contributed by atoms with Crippen molar-refractivity contribution in [2.24, 2.45) is 5.92 Å². The summed E-state index contributed by atoms with van der Waals surface area (Å²) in [6.45, 7) is 1.81. The average Bonchev–Trinajstić information content (AvgIpc) is 3.06. The fraction of sp³-hybridized carbons (Fsp3) is 0.500. The Bertz CT molecular complexity index is 606. The molecule has 6 nitrogen and oxygen atoms in total. The maximum atomic E-state index is 12.8. The molecular formula is C18H24N2O4. The van der Waals surface area contributed by atoms with Crippen LogP contribution in [0.4, 0.5) is 0 Å². The predicted molar refractivity (Wildman–Crippen MR) is 89.4 cm³/mol. The van der Waals surface area contributed by atoms with Gasteiger partial charge in [0.2, 0.25) is 11.8 Å². The number of benzene rings is 1. The van der Waals surface area contributed by atoms with Crippen LogP contribution in [0.2, 0.25) is 0 Å². The normalized spacial score (nSPS) is 15.8. The van der Waals surface area contributed by atoms with E-state index in [4.69, 9.17) is 5.11 Å². The van der Waals surface area contributed by atoms with Crippen molar-refractivity contribution in [3.63, 3.8) is 0 Å². The molecular weight excluding hydrogens is 308 g/mol. The van der Waals surface area contributed by atoms with Crippen LogP contribution < -0.4 is 5.32 Å². The number of nitrogens with one attached hydrogen (secondary N) is 1. The molecule has 1 aliphatic carbocycles. The van der Waals surface area contributed by atoms with Crippen LogP contribution in [0.5, 0.6) is 0 Å². The van der Waals surface area contributed by atoms with Gasteiger partial charge in [-0.3, -0.25) is 9.59 Å². The lowest BCUT2D eigenvalue weighted by Gasteiger charge is -2.28. The molecule has 24 heavy (non-hydrogen) atoms. The third kappa shape index (κ3) is 4.57. The highest BCUT2D eigenvalue weighted by atomic mass is 16.4. The van der Waals surface area contributed by atoms with Gasteiger partial charge in [0.25, 0.3) is 0 Å². The van der Waals surface area contributed by atoms with E-state index < -0.39 is 12.0 Å². The smallest absolute Gasteiger partial charge is 0.335 e. The summed E-state index contributed by atoms with van der Waals surface area (Å²) in [6.07, 6.45) is 4.10. The highest BCUT2D eigenvalue weighted by Gasteiger charge is 2.33. The molecule has 6 heteroatoms. The highest BCUT2D eigenvalue weighted by Crippen LogP contribution is 2.28. The summed E-state index contributed by atoms with van der Waals surface area (Å²) in [5, 5.41) is 11.7. The van der Waals surface area contributed by atoms with Crippen molar-refractivity contribution in [2.45, 2.75) is 45.2 Å². The SMILES string of the molecule is CC(=O)NC(C(=O)N(C)Cc1ccc(C(=O)O)cc1)C1CCCC1. The maximum absolute atomic E-state index is 12.8. The van der Waals surface area contributed by atoms with E-state index in [1.54, 1.807) is 24.1 Å². The van der Waals surface area contributed by atoms with Gasteiger partial charge in [0.1, 0.15) is 6.04 Å². The molecule has 0 radical (unpaired) electrons. The summed E-state index contributed by atoms with van der Waals surface area (Å²) in [6, 6.07) is 5.98. The quantitative estimate of drug-likeness (QED) is 0.834. The molecule has 2 rings (SSSR count). The van der Waals surface area contributed by atoms with Gasteiger partial charge in [-0.2, -0.15) is 0 Å². The van der Waals surface area contributed by atoms with Gasteiger partial charge in [0.15, 0.2) is 0 Å². The third-order valence-corrected chi connectivity index (χ3v) is 4.49. The van der Waals surface area contributed by atoms with Crippen LogP contribution in [0.1, 0.15) is 48.5 Å². The van der Waals surface area contributed by atoms with Crippen LogP contribution in [0.3, 0.4) is 0 Å². The lowest BCUT2D eigenvalue weighted by atomic mass is 9.96.